The number of morpholine rings is 1. The first-order valence-corrected chi connectivity index (χ1v) is 18.4. The maximum absolute atomic E-state index is 13.0. The van der Waals surface area contributed by atoms with E-state index in [0.29, 0.717) is 42.6 Å². The quantitative estimate of drug-likeness (QED) is 0.221. The summed E-state index contributed by atoms with van der Waals surface area (Å²) in [6, 6.07) is 0.639. The predicted octanol–water partition coefficient (Wildman–Crippen LogP) is 3.15. The number of esters is 2. The van der Waals surface area contributed by atoms with Gasteiger partial charge in [0.15, 0.2) is 6.10 Å². The molecular formula is C37H61BrN2O5. The topological polar surface area (TPSA) is 65.1 Å². The molecule has 0 N–H and O–H groups in total. The van der Waals surface area contributed by atoms with Crippen LogP contribution >= 0.6 is 0 Å². The number of quaternary nitrogens is 1. The van der Waals surface area contributed by atoms with Crippen molar-refractivity contribution in [1.29, 1.82) is 0 Å². The normalized spacial score (nSPS) is 42.7. The van der Waals surface area contributed by atoms with Crippen LogP contribution in [0.4, 0.5) is 0 Å². The summed E-state index contributed by atoms with van der Waals surface area (Å²) < 4.78 is 19.6. The highest BCUT2D eigenvalue weighted by Gasteiger charge is 2.67. The zero-order chi connectivity index (χ0) is 31.1. The molecule has 0 bridgehead atoms. The SMILES string of the molecule is C=CC[N+]1([C@H]2C[C@H]3[C@@H]4CC[C@H]5C[C@H](OC(=O)CC)[C@@H](N6CCOCC6)C[C@]5(C)[C@H]4CC[C@]3(C)[C@H]2OC(=O)CC)CCCCC1.[Br-]. The number of rotatable bonds is 8. The molecule has 7 nitrogen and oxygen atoms in total. The van der Waals surface area contributed by atoms with Crippen molar-refractivity contribution >= 4 is 11.9 Å². The van der Waals surface area contributed by atoms with Crippen molar-refractivity contribution in [2.45, 2.75) is 129 Å². The summed E-state index contributed by atoms with van der Waals surface area (Å²) in [5.41, 5.74) is 0.260. The molecule has 2 saturated heterocycles. The van der Waals surface area contributed by atoms with Crippen molar-refractivity contribution in [3.63, 3.8) is 0 Å². The zero-order valence-electron chi connectivity index (χ0n) is 28.7. The number of fused-ring (bicyclic) bond motifs is 5. The fourth-order valence-electron chi connectivity index (χ4n) is 11.9. The molecule has 0 amide bonds. The smallest absolute Gasteiger partial charge is 0.306 e. The maximum atomic E-state index is 13.0. The Morgan fingerprint density at radius 3 is 2.29 bits per heavy atom. The molecule has 6 fully saturated rings. The van der Waals surface area contributed by atoms with Gasteiger partial charge in [0.25, 0.3) is 0 Å². The Morgan fingerprint density at radius 1 is 0.933 bits per heavy atom. The lowest BCUT2D eigenvalue weighted by Crippen LogP contribution is -3.00. The number of halogens is 1. The minimum absolute atomic E-state index is 0. The summed E-state index contributed by atoms with van der Waals surface area (Å²) in [5, 5.41) is 0. The molecule has 0 radical (unpaired) electrons. The van der Waals surface area contributed by atoms with Gasteiger partial charge in [-0.25, -0.2) is 0 Å². The molecule has 4 saturated carbocycles. The minimum atomic E-state index is -0.0575. The van der Waals surface area contributed by atoms with Gasteiger partial charge in [-0.05, 0) is 93.0 Å². The van der Waals surface area contributed by atoms with Gasteiger partial charge >= 0.3 is 11.9 Å². The standard InChI is InChI=1S/C37H61N2O5.BrH/c1-6-18-39(19-10-9-11-20-39)31-24-29-27-13-12-26-23-32(43-33(40)7-2)30(38-16-21-42-22-17-38)25-37(26,5)28(27)14-15-36(29,4)35(31)44-34(41)8-3;/h6,26-32,35H,1,7-25H2,2-5H3;1H/q+1;/p-1/t26-,27+,28-,29-,30-,31-,32-,35-,36-,37-;/m0./s1. The van der Waals surface area contributed by atoms with Crippen LogP contribution in [-0.4, -0.2) is 91.6 Å². The molecule has 256 valence electrons. The molecule has 2 heterocycles. The van der Waals surface area contributed by atoms with Crippen LogP contribution in [-0.2, 0) is 23.8 Å². The molecule has 8 heteroatoms. The third-order valence-corrected chi connectivity index (χ3v) is 14.1. The van der Waals surface area contributed by atoms with Crippen molar-refractivity contribution < 1.29 is 45.3 Å². The maximum Gasteiger partial charge on any atom is 0.306 e. The van der Waals surface area contributed by atoms with Crippen molar-refractivity contribution in [3.8, 4) is 0 Å². The predicted molar refractivity (Wildman–Crippen MR) is 172 cm³/mol. The van der Waals surface area contributed by atoms with Gasteiger partial charge in [-0.15, -0.1) is 0 Å². The number of carbonyl (C=O) groups excluding carboxylic acids is 2. The minimum Gasteiger partial charge on any atom is -1.00 e. The van der Waals surface area contributed by atoms with Gasteiger partial charge in [-0.2, -0.15) is 0 Å². The van der Waals surface area contributed by atoms with Gasteiger partial charge in [0.1, 0.15) is 12.1 Å². The molecule has 10 atom stereocenters. The molecule has 0 aromatic rings. The van der Waals surface area contributed by atoms with E-state index in [9.17, 15) is 9.59 Å². The Hall–Kier alpha value is -0.960. The Labute approximate surface area is 283 Å². The van der Waals surface area contributed by atoms with E-state index in [1.807, 2.05) is 13.8 Å². The molecule has 6 aliphatic rings. The first kappa shape index (κ1) is 35.3. The van der Waals surface area contributed by atoms with Crippen LogP contribution in [0.15, 0.2) is 12.7 Å². The molecule has 4 aliphatic carbocycles. The number of carbonyl (C=O) groups is 2. The average Bonchev–Trinajstić information content (AvgIpc) is 3.34. The van der Waals surface area contributed by atoms with Gasteiger partial charge in [0, 0.05) is 43.8 Å². The van der Waals surface area contributed by atoms with E-state index >= 15 is 0 Å². The summed E-state index contributed by atoms with van der Waals surface area (Å²) in [7, 11) is 0. The fourth-order valence-corrected chi connectivity index (χ4v) is 11.9. The number of hydrogen-bond acceptors (Lipinski definition) is 6. The number of nitrogens with zero attached hydrogens (tertiary/aromatic N) is 2. The molecule has 2 aliphatic heterocycles. The highest BCUT2D eigenvalue weighted by atomic mass is 79.9. The number of piperidine rings is 1. The molecule has 0 unspecified atom stereocenters. The van der Waals surface area contributed by atoms with Crippen molar-refractivity contribution in [1.82, 2.24) is 4.90 Å². The second-order valence-electron chi connectivity index (χ2n) is 16.0. The first-order chi connectivity index (χ1) is 21.2. The van der Waals surface area contributed by atoms with Crippen molar-refractivity contribution in [2.75, 3.05) is 45.9 Å². The fraction of sp³-hybridized carbons (Fsp3) is 0.892. The highest BCUT2D eigenvalue weighted by molar-refractivity contribution is 5.69. The lowest BCUT2D eigenvalue weighted by Gasteiger charge is -2.62. The molecule has 45 heavy (non-hydrogen) atoms. The van der Waals surface area contributed by atoms with E-state index in [-0.39, 0.29) is 58.0 Å². The highest BCUT2D eigenvalue weighted by Crippen LogP contribution is 2.68. The van der Waals surface area contributed by atoms with Crippen LogP contribution in [0.2, 0.25) is 0 Å². The second-order valence-corrected chi connectivity index (χ2v) is 16.0. The Bertz CT molecular complexity index is 1060. The summed E-state index contributed by atoms with van der Waals surface area (Å²) in [5.74, 6) is 2.42. The van der Waals surface area contributed by atoms with E-state index in [1.54, 1.807) is 0 Å². The van der Waals surface area contributed by atoms with Gasteiger partial charge in [-0.3, -0.25) is 14.5 Å². The number of likely N-dealkylation sites (tertiary alicyclic amines) is 1. The van der Waals surface area contributed by atoms with Gasteiger partial charge in [-0.1, -0.05) is 34.3 Å². The van der Waals surface area contributed by atoms with Crippen LogP contribution in [0.25, 0.3) is 0 Å². The van der Waals surface area contributed by atoms with E-state index in [4.69, 9.17) is 14.2 Å². The third-order valence-electron chi connectivity index (χ3n) is 14.1. The number of ether oxygens (including phenoxy) is 3. The van der Waals surface area contributed by atoms with E-state index in [1.165, 1.54) is 58.0 Å². The summed E-state index contributed by atoms with van der Waals surface area (Å²) in [6.07, 6.45) is 15.0. The average molecular weight is 694 g/mol. The molecule has 0 aromatic carbocycles. The van der Waals surface area contributed by atoms with Crippen LogP contribution in [0.1, 0.15) is 105 Å². The second kappa shape index (κ2) is 14.3. The van der Waals surface area contributed by atoms with E-state index < -0.39 is 0 Å². The van der Waals surface area contributed by atoms with Crippen LogP contribution in [0.5, 0.6) is 0 Å². The lowest BCUT2D eigenvalue weighted by atomic mass is 9.44. The first-order valence-electron chi connectivity index (χ1n) is 18.4. The molecular weight excluding hydrogens is 632 g/mol. The summed E-state index contributed by atoms with van der Waals surface area (Å²) >= 11 is 0. The van der Waals surface area contributed by atoms with Crippen LogP contribution in [0, 0.1) is 34.5 Å². The van der Waals surface area contributed by atoms with E-state index in [2.05, 4.69) is 31.4 Å². The van der Waals surface area contributed by atoms with Gasteiger partial charge < -0.3 is 35.7 Å². The lowest BCUT2D eigenvalue weighted by molar-refractivity contribution is -0.952. The number of hydrogen-bond donors (Lipinski definition) is 0. The molecule has 0 aromatic heterocycles. The third kappa shape index (κ3) is 6.33. The molecule has 6 rings (SSSR count). The Kier molecular flexibility index (Phi) is 11.2. The van der Waals surface area contributed by atoms with Crippen LogP contribution < -0.4 is 17.0 Å². The Balaban J connectivity index is 0.00000400. The summed E-state index contributed by atoms with van der Waals surface area (Å²) in [6.45, 7) is 19.9. The largest absolute Gasteiger partial charge is 1.00 e. The zero-order valence-corrected chi connectivity index (χ0v) is 30.2. The van der Waals surface area contributed by atoms with Crippen molar-refractivity contribution in [2.24, 2.45) is 34.5 Å². The van der Waals surface area contributed by atoms with E-state index in [0.717, 1.165) is 56.6 Å². The van der Waals surface area contributed by atoms with Crippen LogP contribution in [0.3, 0.4) is 0 Å². The van der Waals surface area contributed by atoms with Gasteiger partial charge in [0.05, 0.1) is 32.8 Å². The van der Waals surface area contributed by atoms with Gasteiger partial charge in [0.2, 0.25) is 0 Å². The van der Waals surface area contributed by atoms with Crippen molar-refractivity contribution in [3.05, 3.63) is 12.7 Å². The summed E-state index contributed by atoms with van der Waals surface area (Å²) in [4.78, 5) is 28.2. The Morgan fingerprint density at radius 2 is 1.62 bits per heavy atom. The monoisotopic (exact) mass is 692 g/mol. The molecule has 0 spiro atoms.